The van der Waals surface area contributed by atoms with E-state index >= 15 is 0 Å². The number of aromatic nitrogens is 4. The molecule has 0 spiro atoms. The van der Waals surface area contributed by atoms with Crippen LogP contribution >= 0.6 is 0 Å². The summed E-state index contributed by atoms with van der Waals surface area (Å²) in [6.07, 6.45) is 7.09. The van der Waals surface area contributed by atoms with Gasteiger partial charge in [0.1, 0.15) is 17.8 Å². The van der Waals surface area contributed by atoms with Gasteiger partial charge in [-0.1, -0.05) is 13.8 Å². The van der Waals surface area contributed by atoms with E-state index in [2.05, 4.69) is 39.1 Å². The SMILES string of the molecule is CC(C)[C@@H](Nc1ncnc2[nH]ccc12)c1ccncc1. The van der Waals surface area contributed by atoms with Crippen molar-refractivity contribution in [3.05, 3.63) is 48.7 Å². The molecule has 0 saturated carbocycles. The van der Waals surface area contributed by atoms with Crippen LogP contribution in [0, 0.1) is 5.92 Å². The number of hydrogen-bond donors (Lipinski definition) is 2. The maximum Gasteiger partial charge on any atom is 0.142 e. The van der Waals surface area contributed by atoms with Crippen LogP contribution in [0.1, 0.15) is 25.5 Å². The van der Waals surface area contributed by atoms with Crippen molar-refractivity contribution in [3.63, 3.8) is 0 Å². The monoisotopic (exact) mass is 267 g/mol. The summed E-state index contributed by atoms with van der Waals surface area (Å²) in [6, 6.07) is 6.24. The minimum atomic E-state index is 0.186. The summed E-state index contributed by atoms with van der Waals surface area (Å²) in [5.74, 6) is 1.29. The molecular weight excluding hydrogens is 250 g/mol. The van der Waals surface area contributed by atoms with Crippen molar-refractivity contribution in [2.24, 2.45) is 5.92 Å². The van der Waals surface area contributed by atoms with E-state index < -0.39 is 0 Å². The van der Waals surface area contributed by atoms with Crippen LogP contribution in [0.25, 0.3) is 11.0 Å². The van der Waals surface area contributed by atoms with E-state index in [-0.39, 0.29) is 6.04 Å². The van der Waals surface area contributed by atoms with Gasteiger partial charge in [-0.25, -0.2) is 9.97 Å². The number of fused-ring (bicyclic) bond motifs is 1. The van der Waals surface area contributed by atoms with Crippen LogP contribution in [0.3, 0.4) is 0 Å². The second-order valence-corrected chi connectivity index (χ2v) is 5.11. The number of rotatable bonds is 4. The zero-order chi connectivity index (χ0) is 13.9. The summed E-state index contributed by atoms with van der Waals surface area (Å²) >= 11 is 0. The molecule has 20 heavy (non-hydrogen) atoms. The van der Waals surface area contributed by atoms with Crippen molar-refractivity contribution in [1.29, 1.82) is 0 Å². The van der Waals surface area contributed by atoms with Gasteiger partial charge in [-0.15, -0.1) is 0 Å². The molecule has 3 aromatic heterocycles. The Morgan fingerprint density at radius 2 is 1.90 bits per heavy atom. The fraction of sp³-hybridized carbons (Fsp3) is 0.267. The van der Waals surface area contributed by atoms with Gasteiger partial charge in [-0.2, -0.15) is 0 Å². The van der Waals surface area contributed by atoms with E-state index in [9.17, 15) is 0 Å². The summed E-state index contributed by atoms with van der Waals surface area (Å²) in [7, 11) is 0. The van der Waals surface area contributed by atoms with Crippen LogP contribution < -0.4 is 5.32 Å². The quantitative estimate of drug-likeness (QED) is 0.762. The van der Waals surface area contributed by atoms with Gasteiger partial charge in [0.25, 0.3) is 0 Å². The Kier molecular flexibility index (Phi) is 3.33. The van der Waals surface area contributed by atoms with E-state index in [4.69, 9.17) is 0 Å². The second-order valence-electron chi connectivity index (χ2n) is 5.11. The van der Waals surface area contributed by atoms with E-state index in [1.807, 2.05) is 36.8 Å². The molecule has 0 radical (unpaired) electrons. The van der Waals surface area contributed by atoms with Crippen molar-refractivity contribution in [3.8, 4) is 0 Å². The van der Waals surface area contributed by atoms with E-state index in [1.165, 1.54) is 5.56 Å². The third kappa shape index (κ3) is 2.34. The van der Waals surface area contributed by atoms with E-state index in [1.54, 1.807) is 6.33 Å². The second kappa shape index (κ2) is 5.28. The number of pyridine rings is 1. The number of H-pyrrole nitrogens is 1. The van der Waals surface area contributed by atoms with Crippen molar-refractivity contribution in [1.82, 2.24) is 19.9 Å². The molecule has 3 heterocycles. The maximum absolute atomic E-state index is 4.37. The fourth-order valence-electron chi connectivity index (χ4n) is 2.34. The van der Waals surface area contributed by atoms with Gasteiger partial charge in [0, 0.05) is 18.6 Å². The first-order valence-electron chi connectivity index (χ1n) is 6.70. The summed E-state index contributed by atoms with van der Waals surface area (Å²) in [6.45, 7) is 4.38. The Morgan fingerprint density at radius 3 is 2.65 bits per heavy atom. The van der Waals surface area contributed by atoms with E-state index in [0.717, 1.165) is 16.9 Å². The molecule has 0 bridgehead atoms. The molecule has 0 unspecified atom stereocenters. The number of nitrogens with one attached hydrogen (secondary N) is 2. The molecule has 3 aromatic rings. The summed E-state index contributed by atoms with van der Waals surface area (Å²) < 4.78 is 0. The normalized spacial score (nSPS) is 12.8. The first kappa shape index (κ1) is 12.6. The number of hydrogen-bond acceptors (Lipinski definition) is 4. The highest BCUT2D eigenvalue weighted by molar-refractivity contribution is 5.86. The first-order chi connectivity index (χ1) is 9.75. The Balaban J connectivity index is 1.96. The smallest absolute Gasteiger partial charge is 0.142 e. The molecule has 1 atom stereocenters. The largest absolute Gasteiger partial charge is 0.362 e. The van der Waals surface area contributed by atoms with Crippen molar-refractivity contribution < 1.29 is 0 Å². The Hall–Kier alpha value is -2.43. The standard InChI is InChI=1S/C15H17N5/c1-10(2)13(11-3-6-16-7-4-11)20-15-12-5-8-17-14(12)18-9-19-15/h3-10,13H,1-2H3,(H2,17,18,19,20)/t13-/m1/s1. The Labute approximate surface area is 117 Å². The molecule has 0 amide bonds. The summed E-state index contributed by atoms with van der Waals surface area (Å²) in [5, 5.41) is 4.53. The van der Waals surface area contributed by atoms with Crippen LogP contribution in [0.2, 0.25) is 0 Å². The third-order valence-corrected chi connectivity index (χ3v) is 3.38. The van der Waals surface area contributed by atoms with Crippen LogP contribution in [0.5, 0.6) is 0 Å². The predicted octanol–water partition coefficient (Wildman–Crippen LogP) is 3.16. The molecule has 0 aromatic carbocycles. The first-order valence-corrected chi connectivity index (χ1v) is 6.70. The molecule has 0 aliphatic heterocycles. The van der Waals surface area contributed by atoms with Gasteiger partial charge in [0.2, 0.25) is 0 Å². The molecule has 0 fully saturated rings. The number of nitrogens with zero attached hydrogens (tertiary/aromatic N) is 3. The lowest BCUT2D eigenvalue weighted by molar-refractivity contribution is 0.545. The molecule has 5 heteroatoms. The Morgan fingerprint density at radius 1 is 1.10 bits per heavy atom. The van der Waals surface area contributed by atoms with Crippen LogP contribution in [-0.4, -0.2) is 19.9 Å². The zero-order valence-corrected chi connectivity index (χ0v) is 11.5. The van der Waals surface area contributed by atoms with Gasteiger partial charge in [-0.05, 0) is 29.7 Å². The van der Waals surface area contributed by atoms with Crippen molar-refractivity contribution in [2.45, 2.75) is 19.9 Å². The fourth-order valence-corrected chi connectivity index (χ4v) is 2.34. The Bertz CT molecular complexity index is 690. The average Bonchev–Trinajstić information content (AvgIpc) is 2.94. The van der Waals surface area contributed by atoms with Crippen molar-refractivity contribution in [2.75, 3.05) is 5.32 Å². The third-order valence-electron chi connectivity index (χ3n) is 3.38. The molecule has 3 rings (SSSR count). The van der Waals surface area contributed by atoms with Gasteiger partial charge in [-0.3, -0.25) is 4.98 Å². The molecule has 0 aliphatic rings. The minimum absolute atomic E-state index is 0.186. The van der Waals surface area contributed by atoms with Crippen molar-refractivity contribution >= 4 is 16.9 Å². The highest BCUT2D eigenvalue weighted by Gasteiger charge is 2.17. The molecular formula is C15H17N5. The highest BCUT2D eigenvalue weighted by Crippen LogP contribution is 2.28. The van der Waals surface area contributed by atoms with Gasteiger partial charge in [0.15, 0.2) is 0 Å². The van der Waals surface area contributed by atoms with Crippen LogP contribution in [0.4, 0.5) is 5.82 Å². The molecule has 0 saturated heterocycles. The average molecular weight is 267 g/mol. The maximum atomic E-state index is 4.37. The van der Waals surface area contributed by atoms with E-state index in [0.29, 0.717) is 5.92 Å². The predicted molar refractivity (Wildman–Crippen MR) is 79.3 cm³/mol. The van der Waals surface area contributed by atoms with Gasteiger partial charge >= 0.3 is 0 Å². The summed E-state index contributed by atoms with van der Waals surface area (Å²) in [4.78, 5) is 15.8. The molecule has 2 N–H and O–H groups in total. The lowest BCUT2D eigenvalue weighted by Crippen LogP contribution is -2.17. The lowest BCUT2D eigenvalue weighted by Gasteiger charge is -2.23. The number of anilines is 1. The topological polar surface area (TPSA) is 66.5 Å². The van der Waals surface area contributed by atoms with Gasteiger partial charge < -0.3 is 10.3 Å². The minimum Gasteiger partial charge on any atom is -0.362 e. The highest BCUT2D eigenvalue weighted by atomic mass is 15.1. The summed E-state index contributed by atoms with van der Waals surface area (Å²) in [5.41, 5.74) is 2.05. The van der Waals surface area contributed by atoms with Gasteiger partial charge in [0.05, 0.1) is 11.4 Å². The molecule has 0 aliphatic carbocycles. The number of aromatic amines is 1. The van der Waals surface area contributed by atoms with Crippen LogP contribution in [0.15, 0.2) is 43.1 Å². The molecule has 5 nitrogen and oxygen atoms in total. The lowest BCUT2D eigenvalue weighted by atomic mass is 9.97. The van der Waals surface area contributed by atoms with Crippen LogP contribution in [-0.2, 0) is 0 Å². The molecule has 102 valence electrons. The zero-order valence-electron chi connectivity index (χ0n) is 11.5.